The lowest BCUT2D eigenvalue weighted by Gasteiger charge is -1.88. The highest BCUT2D eigenvalue weighted by Crippen LogP contribution is 2.05. The highest BCUT2D eigenvalue weighted by molar-refractivity contribution is 5.80. The van der Waals surface area contributed by atoms with Gasteiger partial charge in [0.15, 0.2) is 11.3 Å². The van der Waals surface area contributed by atoms with Crippen LogP contribution in [0, 0.1) is 0 Å². The number of hydrogen-bond acceptors (Lipinski definition) is 5. The van der Waals surface area contributed by atoms with Crippen LogP contribution in [0.2, 0.25) is 0 Å². The number of rotatable bonds is 0. The molecule has 3 heterocycles. The lowest BCUT2D eigenvalue weighted by Crippen LogP contribution is -2.16. The van der Waals surface area contributed by atoms with Gasteiger partial charge >= 0.3 is 0 Å². The maximum Gasteiger partial charge on any atom is 0.185 e. The molecule has 0 aromatic carbocycles. The van der Waals surface area contributed by atoms with Gasteiger partial charge in [-0.2, -0.15) is 10.2 Å². The van der Waals surface area contributed by atoms with Crippen molar-refractivity contribution in [3.05, 3.63) is 22.3 Å². The topological polar surface area (TPSA) is 62.3 Å². The fraction of sp³-hybridized carbons (Fsp3) is 0. The van der Waals surface area contributed by atoms with Crippen molar-refractivity contribution in [1.29, 1.82) is 0 Å². The summed E-state index contributed by atoms with van der Waals surface area (Å²) < 4.78 is 0. The Labute approximate surface area is 66.9 Å². The molecule has 0 unspecified atom stereocenters. The Morgan fingerprint density at radius 1 is 1.25 bits per heavy atom. The average Bonchev–Trinajstić information content (AvgIpc) is 2.64. The molecule has 5 nitrogen and oxygen atoms in total. The summed E-state index contributed by atoms with van der Waals surface area (Å²) in [5.41, 5.74) is 1.56. The number of pyridine rings is 1. The second-order valence-corrected chi connectivity index (χ2v) is 2.50. The smallest absolute Gasteiger partial charge is 0.185 e. The van der Waals surface area contributed by atoms with E-state index in [1.54, 1.807) is 12.4 Å². The first-order valence-corrected chi connectivity index (χ1v) is 3.47. The van der Waals surface area contributed by atoms with Crippen LogP contribution in [0.5, 0.6) is 0 Å². The van der Waals surface area contributed by atoms with E-state index in [1.807, 2.05) is 6.07 Å². The highest BCUT2D eigenvalue weighted by atomic mass is 15.2. The van der Waals surface area contributed by atoms with Crippen LogP contribution < -0.4 is 10.7 Å². The Balaban J connectivity index is 2.50. The minimum absolute atomic E-state index is 0.628. The fourth-order valence-electron chi connectivity index (χ4n) is 1.17. The lowest BCUT2D eigenvalue weighted by atomic mass is 10.2. The van der Waals surface area contributed by atoms with Crippen molar-refractivity contribution in [3.63, 3.8) is 0 Å². The van der Waals surface area contributed by atoms with E-state index in [-0.39, 0.29) is 0 Å². The zero-order valence-corrected chi connectivity index (χ0v) is 5.97. The van der Waals surface area contributed by atoms with Crippen LogP contribution in [-0.2, 0) is 0 Å². The molecule has 0 atom stereocenters. The first kappa shape index (κ1) is 5.70. The predicted molar refractivity (Wildman–Crippen MR) is 41.6 cm³/mol. The third-order valence-electron chi connectivity index (χ3n) is 1.74. The van der Waals surface area contributed by atoms with E-state index in [9.17, 15) is 0 Å². The molecule has 0 fully saturated rings. The van der Waals surface area contributed by atoms with Crippen molar-refractivity contribution in [2.75, 3.05) is 0 Å². The van der Waals surface area contributed by atoms with E-state index in [0.717, 1.165) is 10.8 Å². The Kier molecular flexibility index (Phi) is 0.864. The molecule has 2 aliphatic rings. The second kappa shape index (κ2) is 1.82. The van der Waals surface area contributed by atoms with Gasteiger partial charge in [-0.15, -0.1) is 10.2 Å². The molecule has 2 aliphatic heterocycles. The number of nitrogens with zero attached hydrogens (tertiary/aromatic N) is 5. The van der Waals surface area contributed by atoms with Gasteiger partial charge in [-0.1, -0.05) is 0 Å². The summed E-state index contributed by atoms with van der Waals surface area (Å²) in [6.07, 6.45) is 3.35. The van der Waals surface area contributed by atoms with Crippen molar-refractivity contribution in [2.24, 2.45) is 20.4 Å². The quantitative estimate of drug-likeness (QED) is 0.518. The molecule has 56 valence electrons. The predicted octanol–water partition coefficient (Wildman–Crippen LogP) is -0.116. The zero-order chi connectivity index (χ0) is 7.97. The van der Waals surface area contributed by atoms with E-state index in [4.69, 9.17) is 0 Å². The first-order valence-electron chi connectivity index (χ1n) is 3.47. The summed E-state index contributed by atoms with van der Waals surface area (Å²) >= 11 is 0. The van der Waals surface area contributed by atoms with Gasteiger partial charge < -0.3 is 0 Å². The van der Waals surface area contributed by atoms with Crippen molar-refractivity contribution in [1.82, 2.24) is 4.98 Å². The molecular weight excluding hydrogens is 154 g/mol. The van der Waals surface area contributed by atoms with Gasteiger partial charge in [-0.25, -0.2) is 4.98 Å². The summed E-state index contributed by atoms with van der Waals surface area (Å²) in [6.45, 7) is 0. The van der Waals surface area contributed by atoms with E-state index < -0.39 is 0 Å². The SMILES string of the molecule is C1=NN=c2nc3c(cc21)=CN=N3. The van der Waals surface area contributed by atoms with Crippen molar-refractivity contribution in [2.45, 2.75) is 0 Å². The van der Waals surface area contributed by atoms with Crippen molar-refractivity contribution < 1.29 is 0 Å². The van der Waals surface area contributed by atoms with Gasteiger partial charge in [0.2, 0.25) is 0 Å². The van der Waals surface area contributed by atoms with Crippen LogP contribution in [0.3, 0.4) is 0 Å². The zero-order valence-electron chi connectivity index (χ0n) is 5.97. The van der Waals surface area contributed by atoms with Crippen LogP contribution >= 0.6 is 0 Å². The molecule has 5 heteroatoms. The van der Waals surface area contributed by atoms with E-state index >= 15 is 0 Å². The minimum Gasteiger partial charge on any atom is -0.204 e. The summed E-state index contributed by atoms with van der Waals surface area (Å²) in [5, 5.41) is 16.1. The van der Waals surface area contributed by atoms with Crippen LogP contribution in [0.4, 0.5) is 5.82 Å². The molecule has 1 aromatic rings. The van der Waals surface area contributed by atoms with Crippen LogP contribution in [-0.4, -0.2) is 11.2 Å². The average molecular weight is 157 g/mol. The molecule has 0 saturated heterocycles. The van der Waals surface area contributed by atoms with Gasteiger partial charge in [-0.3, -0.25) is 0 Å². The largest absolute Gasteiger partial charge is 0.204 e. The van der Waals surface area contributed by atoms with E-state index in [2.05, 4.69) is 25.4 Å². The molecule has 0 radical (unpaired) electrons. The van der Waals surface area contributed by atoms with E-state index in [0.29, 0.717) is 11.3 Å². The lowest BCUT2D eigenvalue weighted by molar-refractivity contribution is 1.06. The summed E-state index contributed by atoms with van der Waals surface area (Å²) in [5.74, 6) is 0.628. The molecule has 0 bridgehead atoms. The molecular formula is C7H3N5. The highest BCUT2D eigenvalue weighted by Gasteiger charge is 2.07. The van der Waals surface area contributed by atoms with Gasteiger partial charge in [0.1, 0.15) is 0 Å². The van der Waals surface area contributed by atoms with Crippen molar-refractivity contribution >= 4 is 18.2 Å². The Morgan fingerprint density at radius 2 is 2.25 bits per heavy atom. The summed E-state index contributed by atoms with van der Waals surface area (Å²) in [7, 11) is 0. The summed E-state index contributed by atoms with van der Waals surface area (Å²) in [6, 6.07) is 1.93. The number of fused-ring (bicyclic) bond motifs is 2. The molecule has 12 heavy (non-hydrogen) atoms. The maximum absolute atomic E-state index is 4.15. The molecule has 0 N–H and O–H groups in total. The molecule has 0 aliphatic carbocycles. The number of hydrogen-bond donors (Lipinski definition) is 0. The minimum atomic E-state index is 0.628. The molecule has 1 aromatic heterocycles. The Morgan fingerprint density at radius 3 is 3.25 bits per heavy atom. The molecule has 3 rings (SSSR count). The maximum atomic E-state index is 4.15. The van der Waals surface area contributed by atoms with Gasteiger partial charge in [0.05, 0.1) is 12.4 Å². The van der Waals surface area contributed by atoms with Gasteiger partial charge in [0.25, 0.3) is 0 Å². The van der Waals surface area contributed by atoms with Crippen LogP contribution in [0.15, 0.2) is 26.5 Å². The third kappa shape index (κ3) is 0.597. The van der Waals surface area contributed by atoms with Crippen LogP contribution in [0.25, 0.3) is 6.20 Å². The standard InChI is InChI=1S/C7H3N5/c1-4-2-8-11-6(4)10-7-5(1)3-9-12-7/h1-3H. The van der Waals surface area contributed by atoms with Gasteiger partial charge in [-0.05, 0) is 6.07 Å². The van der Waals surface area contributed by atoms with Gasteiger partial charge in [0, 0.05) is 10.8 Å². The summed E-state index contributed by atoms with van der Waals surface area (Å²) in [4.78, 5) is 4.15. The fourth-order valence-corrected chi connectivity index (χ4v) is 1.17. The normalized spacial score (nSPS) is 15.3. The first-order chi connectivity index (χ1) is 5.93. The van der Waals surface area contributed by atoms with Crippen LogP contribution in [0.1, 0.15) is 5.56 Å². The van der Waals surface area contributed by atoms with E-state index in [1.165, 1.54) is 0 Å². The monoisotopic (exact) mass is 157 g/mol. The molecule has 0 saturated carbocycles. The Bertz CT molecular complexity index is 476. The Hall–Kier alpha value is -1.91. The molecule has 0 amide bonds. The molecule has 0 spiro atoms. The number of azo groups is 1. The second-order valence-electron chi connectivity index (χ2n) is 2.50. The van der Waals surface area contributed by atoms with Crippen molar-refractivity contribution in [3.8, 4) is 0 Å². The number of aromatic nitrogens is 1. The third-order valence-corrected chi connectivity index (χ3v) is 1.74.